The van der Waals surface area contributed by atoms with E-state index in [9.17, 15) is 4.79 Å². The van der Waals surface area contributed by atoms with Crippen LogP contribution in [0.25, 0.3) is 0 Å². The van der Waals surface area contributed by atoms with Crippen LogP contribution in [0.4, 0.5) is 11.5 Å². The number of rotatable bonds is 4. The van der Waals surface area contributed by atoms with Gasteiger partial charge in [0.15, 0.2) is 0 Å². The zero-order valence-electron chi connectivity index (χ0n) is 12.2. The lowest BCUT2D eigenvalue weighted by Gasteiger charge is -2.36. The second kappa shape index (κ2) is 6.67. The average Bonchev–Trinajstić information content (AvgIpc) is 2.42. The smallest absolute Gasteiger partial charge is 0.239 e. The van der Waals surface area contributed by atoms with Crippen LogP contribution in [0.15, 0.2) is 18.3 Å². The molecule has 1 amide bonds. The molecule has 1 saturated heterocycles. The number of nitrogen functional groups attached to an aromatic ring is 1. The van der Waals surface area contributed by atoms with Gasteiger partial charge < -0.3 is 11.1 Å². The SMILES string of the molecule is CC(C)N1CCN(CC(=O)Nc2ccc(N)cn2)CC1. The quantitative estimate of drug-likeness (QED) is 0.844. The van der Waals surface area contributed by atoms with Crippen LogP contribution < -0.4 is 11.1 Å². The van der Waals surface area contributed by atoms with Gasteiger partial charge in [-0.15, -0.1) is 0 Å². The highest BCUT2D eigenvalue weighted by Gasteiger charge is 2.20. The molecule has 2 heterocycles. The third-order valence-corrected chi connectivity index (χ3v) is 3.56. The van der Waals surface area contributed by atoms with Gasteiger partial charge in [-0.05, 0) is 26.0 Å². The van der Waals surface area contributed by atoms with E-state index in [1.165, 1.54) is 6.20 Å². The number of nitrogens with zero attached hydrogens (tertiary/aromatic N) is 3. The molecule has 1 aliphatic rings. The van der Waals surface area contributed by atoms with Crippen molar-refractivity contribution in [2.45, 2.75) is 19.9 Å². The lowest BCUT2D eigenvalue weighted by molar-refractivity contribution is -0.117. The highest BCUT2D eigenvalue weighted by atomic mass is 16.2. The molecule has 20 heavy (non-hydrogen) atoms. The molecule has 0 spiro atoms. The lowest BCUT2D eigenvalue weighted by Crippen LogP contribution is -2.50. The monoisotopic (exact) mass is 277 g/mol. The van der Waals surface area contributed by atoms with Crippen LogP contribution in [0.3, 0.4) is 0 Å². The molecule has 0 bridgehead atoms. The van der Waals surface area contributed by atoms with Gasteiger partial charge in [0.1, 0.15) is 5.82 Å². The summed E-state index contributed by atoms with van der Waals surface area (Å²) >= 11 is 0. The van der Waals surface area contributed by atoms with E-state index in [4.69, 9.17) is 5.73 Å². The third kappa shape index (κ3) is 4.18. The number of piperazine rings is 1. The van der Waals surface area contributed by atoms with Crippen molar-refractivity contribution in [3.8, 4) is 0 Å². The molecule has 110 valence electrons. The van der Waals surface area contributed by atoms with Crippen LogP contribution in [0, 0.1) is 0 Å². The number of carbonyl (C=O) groups excluding carboxylic acids is 1. The van der Waals surface area contributed by atoms with Gasteiger partial charge in [0.2, 0.25) is 5.91 Å². The van der Waals surface area contributed by atoms with Gasteiger partial charge in [-0.25, -0.2) is 4.98 Å². The van der Waals surface area contributed by atoms with Crippen LogP contribution in [0.5, 0.6) is 0 Å². The highest BCUT2D eigenvalue weighted by molar-refractivity contribution is 5.91. The lowest BCUT2D eigenvalue weighted by atomic mass is 10.2. The predicted octanol–water partition coefficient (Wildman–Crippen LogP) is 0.628. The summed E-state index contributed by atoms with van der Waals surface area (Å²) in [5.74, 6) is 0.519. The molecule has 6 nitrogen and oxygen atoms in total. The van der Waals surface area contributed by atoms with Crippen molar-refractivity contribution in [1.29, 1.82) is 0 Å². The van der Waals surface area contributed by atoms with Gasteiger partial charge in [0.05, 0.1) is 18.4 Å². The Morgan fingerprint density at radius 1 is 1.35 bits per heavy atom. The van der Waals surface area contributed by atoms with Gasteiger partial charge in [-0.1, -0.05) is 0 Å². The van der Waals surface area contributed by atoms with Crippen LogP contribution in [0.1, 0.15) is 13.8 Å². The van der Waals surface area contributed by atoms with Crippen molar-refractivity contribution in [2.24, 2.45) is 0 Å². The Kier molecular flexibility index (Phi) is 4.92. The number of anilines is 2. The minimum atomic E-state index is -0.0275. The van der Waals surface area contributed by atoms with Crippen LogP contribution in [0.2, 0.25) is 0 Å². The fourth-order valence-corrected chi connectivity index (χ4v) is 2.30. The first-order valence-electron chi connectivity index (χ1n) is 7.02. The largest absolute Gasteiger partial charge is 0.397 e. The Morgan fingerprint density at radius 2 is 2.05 bits per heavy atom. The summed E-state index contributed by atoms with van der Waals surface area (Å²) in [6.45, 7) is 8.72. The van der Waals surface area contributed by atoms with E-state index in [1.54, 1.807) is 12.1 Å². The Labute approximate surface area is 120 Å². The van der Waals surface area contributed by atoms with E-state index in [0.29, 0.717) is 24.1 Å². The standard InChI is InChI=1S/C14H23N5O/c1-11(2)19-7-5-18(6-8-19)10-14(20)17-13-4-3-12(15)9-16-13/h3-4,9,11H,5-8,10,15H2,1-2H3,(H,16,17,20). The van der Waals surface area contributed by atoms with Crippen molar-refractivity contribution < 1.29 is 4.79 Å². The summed E-state index contributed by atoms with van der Waals surface area (Å²) in [5, 5.41) is 2.79. The minimum Gasteiger partial charge on any atom is -0.397 e. The Hall–Kier alpha value is -1.66. The van der Waals surface area contributed by atoms with E-state index in [0.717, 1.165) is 26.2 Å². The van der Waals surface area contributed by atoms with Crippen molar-refractivity contribution in [2.75, 3.05) is 43.8 Å². The molecule has 6 heteroatoms. The molecule has 1 fully saturated rings. The Bertz CT molecular complexity index is 437. The first-order chi connectivity index (χ1) is 9.54. The predicted molar refractivity (Wildman–Crippen MR) is 80.4 cm³/mol. The molecule has 1 aliphatic heterocycles. The van der Waals surface area contributed by atoms with E-state index in [-0.39, 0.29) is 5.91 Å². The molecule has 2 rings (SSSR count). The number of nitrogens with one attached hydrogen (secondary N) is 1. The molecular weight excluding hydrogens is 254 g/mol. The van der Waals surface area contributed by atoms with E-state index >= 15 is 0 Å². The zero-order valence-corrected chi connectivity index (χ0v) is 12.2. The second-order valence-electron chi connectivity index (χ2n) is 5.43. The number of amides is 1. The molecule has 0 atom stereocenters. The van der Waals surface area contributed by atoms with E-state index < -0.39 is 0 Å². The molecular formula is C14H23N5O. The van der Waals surface area contributed by atoms with Gasteiger partial charge in [0, 0.05) is 32.2 Å². The summed E-state index contributed by atoms with van der Waals surface area (Å²) in [7, 11) is 0. The van der Waals surface area contributed by atoms with Gasteiger partial charge in [-0.2, -0.15) is 0 Å². The maximum atomic E-state index is 11.9. The zero-order chi connectivity index (χ0) is 14.5. The maximum absolute atomic E-state index is 11.9. The van der Waals surface area contributed by atoms with E-state index in [2.05, 4.69) is 33.9 Å². The van der Waals surface area contributed by atoms with Gasteiger partial charge in [-0.3, -0.25) is 14.6 Å². The topological polar surface area (TPSA) is 74.5 Å². The van der Waals surface area contributed by atoms with Crippen molar-refractivity contribution >= 4 is 17.4 Å². The number of hydrogen-bond donors (Lipinski definition) is 2. The van der Waals surface area contributed by atoms with Crippen LogP contribution >= 0.6 is 0 Å². The molecule has 0 aromatic carbocycles. The van der Waals surface area contributed by atoms with Crippen molar-refractivity contribution in [3.63, 3.8) is 0 Å². The minimum absolute atomic E-state index is 0.0275. The molecule has 0 aliphatic carbocycles. The summed E-state index contributed by atoms with van der Waals surface area (Å²) in [5.41, 5.74) is 6.15. The number of carbonyl (C=O) groups is 1. The molecule has 1 aromatic rings. The number of pyridine rings is 1. The fourth-order valence-electron chi connectivity index (χ4n) is 2.30. The normalized spacial score (nSPS) is 17.4. The fraction of sp³-hybridized carbons (Fsp3) is 0.571. The number of aromatic nitrogens is 1. The molecule has 1 aromatic heterocycles. The van der Waals surface area contributed by atoms with Crippen molar-refractivity contribution in [1.82, 2.24) is 14.8 Å². The first-order valence-corrected chi connectivity index (χ1v) is 7.02. The first kappa shape index (κ1) is 14.7. The van der Waals surface area contributed by atoms with Gasteiger partial charge in [0.25, 0.3) is 0 Å². The maximum Gasteiger partial charge on any atom is 0.239 e. The highest BCUT2D eigenvalue weighted by Crippen LogP contribution is 2.08. The van der Waals surface area contributed by atoms with E-state index in [1.807, 2.05) is 0 Å². The Balaban J connectivity index is 1.77. The number of nitrogens with two attached hydrogens (primary N) is 1. The Morgan fingerprint density at radius 3 is 2.60 bits per heavy atom. The molecule has 0 saturated carbocycles. The van der Waals surface area contributed by atoms with Crippen LogP contribution in [-0.4, -0.2) is 59.5 Å². The third-order valence-electron chi connectivity index (χ3n) is 3.56. The van der Waals surface area contributed by atoms with Crippen molar-refractivity contribution in [3.05, 3.63) is 18.3 Å². The number of hydrogen-bond acceptors (Lipinski definition) is 5. The summed E-state index contributed by atoms with van der Waals surface area (Å²) in [6.07, 6.45) is 1.54. The molecule has 0 unspecified atom stereocenters. The van der Waals surface area contributed by atoms with Crippen LogP contribution in [-0.2, 0) is 4.79 Å². The average molecular weight is 277 g/mol. The summed E-state index contributed by atoms with van der Waals surface area (Å²) in [4.78, 5) is 20.6. The van der Waals surface area contributed by atoms with Gasteiger partial charge >= 0.3 is 0 Å². The molecule has 3 N–H and O–H groups in total. The summed E-state index contributed by atoms with van der Waals surface area (Å²) < 4.78 is 0. The second-order valence-corrected chi connectivity index (χ2v) is 5.43. The summed E-state index contributed by atoms with van der Waals surface area (Å²) in [6, 6.07) is 4.01. The molecule has 0 radical (unpaired) electrons.